The summed E-state index contributed by atoms with van der Waals surface area (Å²) >= 11 is 0. The minimum absolute atomic E-state index is 0.802. The summed E-state index contributed by atoms with van der Waals surface area (Å²) in [6.07, 6.45) is 5.95. The summed E-state index contributed by atoms with van der Waals surface area (Å²) in [5.74, 6) is 0.802. The summed E-state index contributed by atoms with van der Waals surface area (Å²) in [4.78, 5) is 4.24. The first kappa shape index (κ1) is 7.24. The highest BCUT2D eigenvalue weighted by Gasteiger charge is 2.20. The molecule has 0 amide bonds. The van der Waals surface area contributed by atoms with Crippen LogP contribution < -0.4 is 5.44 Å². The number of hydrogen-bond acceptors (Lipinski definition) is 1. The lowest BCUT2D eigenvalue weighted by Gasteiger charge is -2.26. The average Bonchev–Trinajstić information content (AvgIpc) is 1.90. The van der Waals surface area contributed by atoms with Crippen molar-refractivity contribution in [2.75, 3.05) is 0 Å². The third kappa shape index (κ3) is 1.30. The Bertz CT molecular complexity index is 255. The Balaban J connectivity index is 2.28. The quantitative estimate of drug-likeness (QED) is 0.579. The van der Waals surface area contributed by atoms with Gasteiger partial charge in [-0.2, -0.15) is 0 Å². The highest BCUT2D eigenvalue weighted by Crippen LogP contribution is 2.35. The van der Waals surface area contributed by atoms with E-state index in [0.29, 0.717) is 0 Å². The molecule has 0 bridgehead atoms. The van der Waals surface area contributed by atoms with Gasteiger partial charge in [0.2, 0.25) is 0 Å². The zero-order valence-electron chi connectivity index (χ0n) is 6.46. The Labute approximate surface area is 69.4 Å². The molecule has 1 unspecified atom stereocenters. The topological polar surface area (TPSA) is 12.9 Å². The second-order valence-electron chi connectivity index (χ2n) is 3.11. The summed E-state index contributed by atoms with van der Waals surface area (Å²) in [6, 6.07) is 4.22. The average molecular weight is 165 g/mol. The zero-order valence-corrected chi connectivity index (χ0v) is 7.61. The number of nitrogens with zero attached hydrogens (tertiary/aromatic N) is 1. The second-order valence-corrected chi connectivity index (χ2v) is 3.65. The number of rotatable bonds is 1. The Morgan fingerprint density at radius 1 is 1.45 bits per heavy atom. The van der Waals surface area contributed by atoms with E-state index in [1.165, 1.54) is 24.8 Å². The monoisotopic (exact) mass is 165 g/mol. The predicted molar refractivity (Wildman–Crippen MR) is 50.2 cm³/mol. The molecule has 2 rings (SSSR count). The van der Waals surface area contributed by atoms with Crippen LogP contribution in [0.3, 0.4) is 0 Å². The van der Waals surface area contributed by atoms with E-state index in [2.05, 4.69) is 20.3 Å². The fraction of sp³-hybridized carbons (Fsp3) is 0.444. The van der Waals surface area contributed by atoms with E-state index in [1.807, 2.05) is 12.3 Å². The maximum atomic E-state index is 4.24. The Hall–Kier alpha value is -0.420. The molecule has 0 aromatic carbocycles. The molecule has 1 nitrogen and oxygen atoms in total. The molecule has 1 heterocycles. The maximum absolute atomic E-state index is 4.24. The number of hydrogen-bond donors (Lipinski definition) is 0. The normalized spacial score (nSPS) is 17.9. The highest BCUT2D eigenvalue weighted by molar-refractivity contribution is 7.27. The minimum Gasteiger partial charge on any atom is -0.257 e. The first-order valence-electron chi connectivity index (χ1n) is 4.08. The van der Waals surface area contributed by atoms with Crippen molar-refractivity contribution in [3.8, 4) is 0 Å². The fourth-order valence-electron chi connectivity index (χ4n) is 1.49. The predicted octanol–water partition coefficient (Wildman–Crippen LogP) is 1.85. The third-order valence-corrected chi connectivity index (χ3v) is 2.90. The Kier molecular flexibility index (Phi) is 1.91. The number of pyridine rings is 1. The first-order chi connectivity index (χ1) is 5.38. The standard InChI is InChI=1S/C9H12NP/c11-9-8(5-2-6-10-9)7-3-1-4-7/h2,5-7H,1,3-4,11H2. The van der Waals surface area contributed by atoms with Crippen LogP contribution in [0.5, 0.6) is 0 Å². The number of aromatic nitrogens is 1. The largest absolute Gasteiger partial charge is 0.257 e. The molecule has 11 heavy (non-hydrogen) atoms. The summed E-state index contributed by atoms with van der Waals surface area (Å²) in [5, 5.41) is 0. The zero-order chi connectivity index (χ0) is 7.68. The smallest absolute Gasteiger partial charge is 0.0603 e. The fourth-order valence-corrected chi connectivity index (χ4v) is 1.91. The maximum Gasteiger partial charge on any atom is 0.0603 e. The molecule has 1 aromatic rings. The van der Waals surface area contributed by atoms with Crippen LogP contribution in [0.2, 0.25) is 0 Å². The SMILES string of the molecule is Pc1ncccc1C1CCC1. The van der Waals surface area contributed by atoms with E-state index in [-0.39, 0.29) is 0 Å². The molecule has 1 aliphatic rings. The molecule has 1 aliphatic carbocycles. The van der Waals surface area contributed by atoms with Crippen molar-refractivity contribution < 1.29 is 0 Å². The Morgan fingerprint density at radius 2 is 2.27 bits per heavy atom. The third-order valence-electron chi connectivity index (χ3n) is 2.42. The summed E-state index contributed by atoms with van der Waals surface area (Å²) in [5.41, 5.74) is 2.57. The lowest BCUT2D eigenvalue weighted by Crippen LogP contribution is -2.16. The van der Waals surface area contributed by atoms with Crippen molar-refractivity contribution in [2.24, 2.45) is 0 Å². The van der Waals surface area contributed by atoms with Crippen molar-refractivity contribution in [2.45, 2.75) is 25.2 Å². The first-order valence-corrected chi connectivity index (χ1v) is 4.66. The molecular formula is C9H12NP. The minimum atomic E-state index is 0.802. The molecule has 0 radical (unpaired) electrons. The highest BCUT2D eigenvalue weighted by atomic mass is 31.0. The van der Waals surface area contributed by atoms with Crippen molar-refractivity contribution in [3.05, 3.63) is 23.9 Å². The molecule has 1 atom stereocenters. The molecule has 58 valence electrons. The lowest BCUT2D eigenvalue weighted by molar-refractivity contribution is 0.421. The van der Waals surface area contributed by atoms with Crippen molar-refractivity contribution in [1.29, 1.82) is 0 Å². The molecule has 1 fully saturated rings. The van der Waals surface area contributed by atoms with Crippen LogP contribution in [-0.4, -0.2) is 4.98 Å². The van der Waals surface area contributed by atoms with Gasteiger partial charge in [-0.15, -0.1) is 0 Å². The lowest BCUT2D eigenvalue weighted by atomic mass is 9.81. The van der Waals surface area contributed by atoms with Gasteiger partial charge in [-0.05, 0) is 30.4 Å². The summed E-state index contributed by atoms with van der Waals surface area (Å²) < 4.78 is 0. The van der Waals surface area contributed by atoms with Gasteiger partial charge in [-0.1, -0.05) is 21.7 Å². The molecule has 0 N–H and O–H groups in total. The van der Waals surface area contributed by atoms with Gasteiger partial charge in [0.1, 0.15) is 0 Å². The van der Waals surface area contributed by atoms with Crippen LogP contribution >= 0.6 is 9.24 Å². The van der Waals surface area contributed by atoms with Gasteiger partial charge in [0.15, 0.2) is 0 Å². The molecule has 0 saturated heterocycles. The molecular weight excluding hydrogens is 153 g/mol. The van der Waals surface area contributed by atoms with E-state index >= 15 is 0 Å². The van der Waals surface area contributed by atoms with E-state index in [9.17, 15) is 0 Å². The van der Waals surface area contributed by atoms with Gasteiger partial charge in [0.05, 0.1) is 5.44 Å². The van der Waals surface area contributed by atoms with Crippen LogP contribution in [0.25, 0.3) is 0 Å². The van der Waals surface area contributed by atoms with Crippen molar-refractivity contribution in [3.63, 3.8) is 0 Å². The van der Waals surface area contributed by atoms with Crippen LogP contribution in [0.4, 0.5) is 0 Å². The van der Waals surface area contributed by atoms with Crippen molar-refractivity contribution >= 4 is 14.7 Å². The second kappa shape index (κ2) is 2.91. The van der Waals surface area contributed by atoms with E-state index in [4.69, 9.17) is 0 Å². The van der Waals surface area contributed by atoms with Gasteiger partial charge in [-0.25, -0.2) is 0 Å². The van der Waals surface area contributed by atoms with E-state index < -0.39 is 0 Å². The van der Waals surface area contributed by atoms with Gasteiger partial charge < -0.3 is 0 Å². The van der Waals surface area contributed by atoms with Crippen molar-refractivity contribution in [1.82, 2.24) is 4.98 Å². The molecule has 0 aliphatic heterocycles. The molecule has 1 saturated carbocycles. The van der Waals surface area contributed by atoms with E-state index in [0.717, 1.165) is 11.4 Å². The molecule has 1 aromatic heterocycles. The van der Waals surface area contributed by atoms with Crippen LogP contribution in [0, 0.1) is 0 Å². The van der Waals surface area contributed by atoms with Gasteiger partial charge in [-0.3, -0.25) is 4.98 Å². The van der Waals surface area contributed by atoms with Crippen LogP contribution in [-0.2, 0) is 0 Å². The Morgan fingerprint density at radius 3 is 2.82 bits per heavy atom. The van der Waals surface area contributed by atoms with Crippen LogP contribution in [0.15, 0.2) is 18.3 Å². The van der Waals surface area contributed by atoms with Gasteiger partial charge in [0, 0.05) is 6.20 Å². The van der Waals surface area contributed by atoms with Gasteiger partial charge >= 0.3 is 0 Å². The van der Waals surface area contributed by atoms with Crippen LogP contribution in [0.1, 0.15) is 30.7 Å². The summed E-state index contributed by atoms with van der Waals surface area (Å²) in [6.45, 7) is 0. The summed E-state index contributed by atoms with van der Waals surface area (Å²) in [7, 11) is 2.71. The van der Waals surface area contributed by atoms with Gasteiger partial charge in [0.25, 0.3) is 0 Å². The van der Waals surface area contributed by atoms with E-state index in [1.54, 1.807) is 0 Å². The molecule has 0 spiro atoms. The molecule has 2 heteroatoms.